The molecule has 0 saturated carbocycles. The third-order valence-corrected chi connectivity index (χ3v) is 6.30. The van der Waals surface area contributed by atoms with Crippen molar-refractivity contribution in [1.82, 2.24) is 14.9 Å². The van der Waals surface area contributed by atoms with Gasteiger partial charge in [-0.2, -0.15) is 4.98 Å². The number of aryl methyl sites for hydroxylation is 1. The van der Waals surface area contributed by atoms with E-state index in [2.05, 4.69) is 14.9 Å². The Morgan fingerprint density at radius 1 is 1.16 bits per heavy atom. The summed E-state index contributed by atoms with van der Waals surface area (Å²) in [6, 6.07) is 14.0. The van der Waals surface area contributed by atoms with E-state index in [0.29, 0.717) is 36.0 Å². The standard InChI is InChI=1S/C21H22N4O5S/c1-2-20-23-19(24-30-20)13-25-17-12-16(8-9-18(17)29-14-21(25)26)31(27,28)22-11-10-15-6-4-3-5-7-15/h3-9,12,22H,2,10-11,13-14H2,1H3. The summed E-state index contributed by atoms with van der Waals surface area (Å²) in [6.07, 6.45) is 1.15. The summed E-state index contributed by atoms with van der Waals surface area (Å²) in [5, 5.41) is 3.88. The molecular formula is C21H22N4O5S. The molecule has 4 rings (SSSR count). The van der Waals surface area contributed by atoms with Crippen molar-refractivity contribution in [1.29, 1.82) is 0 Å². The molecule has 9 nitrogen and oxygen atoms in total. The number of hydrogen-bond acceptors (Lipinski definition) is 7. The summed E-state index contributed by atoms with van der Waals surface area (Å²) in [5.74, 6) is 0.908. The van der Waals surface area contributed by atoms with Crippen LogP contribution in [0.4, 0.5) is 5.69 Å². The first-order valence-electron chi connectivity index (χ1n) is 9.88. The number of anilines is 1. The molecule has 0 saturated heterocycles. The Bertz CT molecular complexity index is 1180. The van der Waals surface area contributed by atoms with Gasteiger partial charge < -0.3 is 9.26 Å². The van der Waals surface area contributed by atoms with Crippen LogP contribution in [0.25, 0.3) is 0 Å². The highest BCUT2D eigenvalue weighted by Crippen LogP contribution is 2.35. The highest BCUT2D eigenvalue weighted by molar-refractivity contribution is 7.89. The van der Waals surface area contributed by atoms with Crippen LogP contribution in [0.5, 0.6) is 5.75 Å². The predicted octanol–water partition coefficient (Wildman–Crippen LogP) is 2.08. The molecule has 2 heterocycles. The van der Waals surface area contributed by atoms with Crippen LogP contribution >= 0.6 is 0 Å². The van der Waals surface area contributed by atoms with Crippen molar-refractivity contribution in [3.05, 3.63) is 65.8 Å². The smallest absolute Gasteiger partial charge is 0.265 e. The Morgan fingerprint density at radius 3 is 2.71 bits per heavy atom. The lowest BCUT2D eigenvalue weighted by atomic mass is 10.2. The topological polar surface area (TPSA) is 115 Å². The molecule has 2 aromatic carbocycles. The third-order valence-electron chi connectivity index (χ3n) is 4.84. The van der Waals surface area contributed by atoms with Crippen LogP contribution in [-0.2, 0) is 34.2 Å². The van der Waals surface area contributed by atoms with Crippen molar-refractivity contribution in [3.63, 3.8) is 0 Å². The van der Waals surface area contributed by atoms with Gasteiger partial charge in [-0.25, -0.2) is 13.1 Å². The molecule has 1 aromatic heterocycles. The van der Waals surface area contributed by atoms with E-state index in [9.17, 15) is 13.2 Å². The monoisotopic (exact) mass is 442 g/mol. The molecule has 0 spiro atoms. The number of carbonyl (C=O) groups is 1. The number of aromatic nitrogens is 2. The lowest BCUT2D eigenvalue weighted by Gasteiger charge is -2.28. The number of nitrogens with one attached hydrogen (secondary N) is 1. The van der Waals surface area contributed by atoms with Gasteiger partial charge in [0, 0.05) is 13.0 Å². The average molecular weight is 442 g/mol. The Morgan fingerprint density at radius 2 is 1.97 bits per heavy atom. The molecule has 1 aliphatic heterocycles. The van der Waals surface area contributed by atoms with Crippen LogP contribution in [0.1, 0.15) is 24.2 Å². The first-order valence-corrected chi connectivity index (χ1v) is 11.4. The molecule has 0 unspecified atom stereocenters. The van der Waals surface area contributed by atoms with Crippen molar-refractivity contribution < 1.29 is 22.5 Å². The number of sulfonamides is 1. The minimum atomic E-state index is -3.77. The van der Waals surface area contributed by atoms with E-state index >= 15 is 0 Å². The molecule has 0 aliphatic carbocycles. The number of fused-ring (bicyclic) bond motifs is 1. The minimum Gasteiger partial charge on any atom is -0.482 e. The molecule has 3 aromatic rings. The Hall–Kier alpha value is -3.24. The molecular weight excluding hydrogens is 420 g/mol. The maximum absolute atomic E-state index is 12.8. The number of nitrogens with zero attached hydrogens (tertiary/aromatic N) is 3. The van der Waals surface area contributed by atoms with E-state index in [-0.39, 0.29) is 30.5 Å². The van der Waals surface area contributed by atoms with E-state index in [1.54, 1.807) is 6.07 Å². The Kier molecular flexibility index (Phi) is 6.01. The molecule has 1 aliphatic rings. The molecule has 0 bridgehead atoms. The van der Waals surface area contributed by atoms with Gasteiger partial charge >= 0.3 is 0 Å². The molecule has 31 heavy (non-hydrogen) atoms. The summed E-state index contributed by atoms with van der Waals surface area (Å²) >= 11 is 0. The van der Waals surface area contributed by atoms with Crippen LogP contribution in [0.15, 0.2) is 57.9 Å². The van der Waals surface area contributed by atoms with Gasteiger partial charge in [-0.15, -0.1) is 0 Å². The van der Waals surface area contributed by atoms with Crippen molar-refractivity contribution in [3.8, 4) is 5.75 Å². The fourth-order valence-corrected chi connectivity index (χ4v) is 4.27. The highest BCUT2D eigenvalue weighted by atomic mass is 32.2. The quantitative estimate of drug-likeness (QED) is 0.568. The molecule has 0 atom stereocenters. The minimum absolute atomic E-state index is 0.0463. The van der Waals surface area contributed by atoms with Crippen LogP contribution in [-0.4, -0.2) is 37.6 Å². The van der Waals surface area contributed by atoms with Crippen LogP contribution in [0.2, 0.25) is 0 Å². The number of rotatable bonds is 8. The van der Waals surface area contributed by atoms with E-state index in [1.807, 2.05) is 37.3 Å². The fourth-order valence-electron chi connectivity index (χ4n) is 3.22. The lowest BCUT2D eigenvalue weighted by Crippen LogP contribution is -2.38. The number of ether oxygens (including phenoxy) is 1. The first kappa shape index (κ1) is 21.0. The van der Waals surface area contributed by atoms with Crippen LogP contribution in [0.3, 0.4) is 0 Å². The van der Waals surface area contributed by atoms with Gasteiger partial charge in [0.15, 0.2) is 12.4 Å². The van der Waals surface area contributed by atoms with Crippen LogP contribution < -0.4 is 14.4 Å². The second-order valence-corrected chi connectivity index (χ2v) is 8.76. The summed E-state index contributed by atoms with van der Waals surface area (Å²) in [7, 11) is -3.77. The number of hydrogen-bond donors (Lipinski definition) is 1. The van der Waals surface area contributed by atoms with E-state index in [1.165, 1.54) is 17.0 Å². The van der Waals surface area contributed by atoms with Gasteiger partial charge in [0.25, 0.3) is 5.91 Å². The number of carbonyl (C=O) groups excluding carboxylic acids is 1. The largest absolute Gasteiger partial charge is 0.482 e. The third kappa shape index (κ3) is 4.75. The first-order chi connectivity index (χ1) is 15.0. The van der Waals surface area contributed by atoms with Gasteiger partial charge in [-0.3, -0.25) is 9.69 Å². The summed E-state index contributed by atoms with van der Waals surface area (Å²) in [6.45, 7) is 2.05. The lowest BCUT2D eigenvalue weighted by molar-refractivity contribution is -0.121. The van der Waals surface area contributed by atoms with Gasteiger partial charge in [-0.05, 0) is 30.2 Å². The second-order valence-electron chi connectivity index (χ2n) is 6.99. The van der Waals surface area contributed by atoms with Crippen molar-refractivity contribution in [2.24, 2.45) is 0 Å². The normalized spacial score (nSPS) is 13.7. The average Bonchev–Trinajstić information content (AvgIpc) is 3.24. The van der Waals surface area contributed by atoms with Crippen molar-refractivity contribution >= 4 is 21.6 Å². The maximum atomic E-state index is 12.8. The summed E-state index contributed by atoms with van der Waals surface area (Å²) in [5.41, 5.74) is 1.39. The zero-order chi connectivity index (χ0) is 21.8. The molecule has 0 radical (unpaired) electrons. The summed E-state index contributed by atoms with van der Waals surface area (Å²) < 4.78 is 38.8. The molecule has 1 N–H and O–H groups in total. The maximum Gasteiger partial charge on any atom is 0.265 e. The van der Waals surface area contributed by atoms with Gasteiger partial charge in [0.1, 0.15) is 5.75 Å². The Balaban J connectivity index is 1.53. The zero-order valence-corrected chi connectivity index (χ0v) is 17.8. The molecule has 1 amide bonds. The predicted molar refractivity (Wildman–Crippen MR) is 112 cm³/mol. The van der Waals surface area contributed by atoms with Crippen LogP contribution in [0, 0.1) is 0 Å². The molecule has 0 fully saturated rings. The van der Waals surface area contributed by atoms with E-state index < -0.39 is 10.0 Å². The van der Waals surface area contributed by atoms with Gasteiger partial charge in [0.05, 0.1) is 17.1 Å². The SMILES string of the molecule is CCc1nc(CN2C(=O)COc3ccc(S(=O)(=O)NCCc4ccccc4)cc32)no1. The zero-order valence-electron chi connectivity index (χ0n) is 16.9. The fraction of sp³-hybridized carbons (Fsp3) is 0.286. The molecule has 10 heteroatoms. The van der Waals surface area contributed by atoms with Gasteiger partial charge in [0.2, 0.25) is 15.9 Å². The van der Waals surface area contributed by atoms with Crippen molar-refractivity contribution in [2.45, 2.75) is 31.2 Å². The van der Waals surface area contributed by atoms with Crippen molar-refractivity contribution in [2.75, 3.05) is 18.1 Å². The van der Waals surface area contributed by atoms with E-state index in [0.717, 1.165) is 5.56 Å². The van der Waals surface area contributed by atoms with E-state index in [4.69, 9.17) is 9.26 Å². The second kappa shape index (κ2) is 8.86. The highest BCUT2D eigenvalue weighted by Gasteiger charge is 2.29. The summed E-state index contributed by atoms with van der Waals surface area (Å²) in [4.78, 5) is 18.2. The Labute approximate surface area is 180 Å². The number of amides is 1. The van der Waals surface area contributed by atoms with Gasteiger partial charge in [-0.1, -0.05) is 42.4 Å². The molecule has 162 valence electrons. The number of benzene rings is 2.